The summed E-state index contributed by atoms with van der Waals surface area (Å²) in [6, 6.07) is 0.840. The third kappa shape index (κ3) is 6.29. The van der Waals surface area contributed by atoms with Crippen molar-refractivity contribution in [2.24, 2.45) is 16.7 Å². The van der Waals surface area contributed by atoms with Crippen molar-refractivity contribution in [2.45, 2.75) is 51.9 Å². The molecule has 1 aliphatic heterocycles. The van der Waals surface area contributed by atoms with E-state index in [1.807, 2.05) is 13.8 Å². The van der Waals surface area contributed by atoms with Gasteiger partial charge in [-0.15, -0.1) is 0 Å². The van der Waals surface area contributed by atoms with E-state index in [-0.39, 0.29) is 53.3 Å². The Morgan fingerprint density at radius 2 is 1.77 bits per heavy atom. The molecule has 1 N–H and O–H groups in total. The van der Waals surface area contributed by atoms with Gasteiger partial charge in [0.05, 0.1) is 16.3 Å². The molecule has 2 atom stereocenters. The van der Waals surface area contributed by atoms with Crippen LogP contribution in [0.3, 0.4) is 0 Å². The molecule has 1 aromatic heterocycles. The van der Waals surface area contributed by atoms with E-state index in [1.54, 1.807) is 4.90 Å². The van der Waals surface area contributed by atoms with Crippen LogP contribution in [0.4, 0.5) is 32.2 Å². The number of aromatic nitrogens is 1. The molecule has 3 aliphatic rings. The fourth-order valence-electron chi connectivity index (χ4n) is 5.71. The van der Waals surface area contributed by atoms with Crippen LogP contribution in [0.15, 0.2) is 12.3 Å². The zero-order chi connectivity index (χ0) is 29.6. The predicted octanol–water partition coefficient (Wildman–Crippen LogP) is 4.62. The maximum absolute atomic E-state index is 13.4. The summed E-state index contributed by atoms with van der Waals surface area (Å²) < 4.78 is 98.6. The first-order chi connectivity index (χ1) is 17.7. The average Bonchev–Trinajstić information content (AvgIpc) is 3.02. The average molecular weight is 608 g/mol. The van der Waals surface area contributed by atoms with Crippen LogP contribution in [-0.4, -0.2) is 72.7 Å². The van der Waals surface area contributed by atoms with Gasteiger partial charge in [0.25, 0.3) is 0 Å². The monoisotopic (exact) mass is 607 g/mol. The third-order valence-electron chi connectivity index (χ3n) is 8.11. The molecule has 0 radical (unpaired) electrons. The summed E-state index contributed by atoms with van der Waals surface area (Å²) >= 11 is 6.08. The molecule has 0 amide bonds. The molecule has 2 saturated carbocycles. The number of carbonyl (C=O) groups excluding carboxylic acids is 1. The number of pyridine rings is 1. The summed E-state index contributed by atoms with van der Waals surface area (Å²) in [6.45, 7) is 5.13. The van der Waals surface area contributed by atoms with Crippen molar-refractivity contribution in [3.8, 4) is 0 Å². The molecule has 2 heterocycles. The Balaban J connectivity index is 0.000000532. The van der Waals surface area contributed by atoms with Crippen LogP contribution in [0.1, 0.15) is 45.1 Å². The van der Waals surface area contributed by atoms with Gasteiger partial charge >= 0.3 is 18.3 Å². The highest BCUT2D eigenvalue weighted by Gasteiger charge is 2.65. The normalized spacial score (nSPS) is 25.7. The number of hydrogen-bond acceptors (Lipinski definition) is 6. The van der Waals surface area contributed by atoms with Gasteiger partial charge in [0.15, 0.2) is 0 Å². The minimum absolute atomic E-state index is 0.0551. The number of sulfonamides is 1. The minimum Gasteiger partial charge on any atom is -0.475 e. The highest BCUT2D eigenvalue weighted by molar-refractivity contribution is 7.89. The number of fused-ring (bicyclic) bond motifs is 2. The molecule has 39 heavy (non-hydrogen) atoms. The lowest BCUT2D eigenvalue weighted by Crippen LogP contribution is -2.47. The Morgan fingerprint density at radius 1 is 1.15 bits per heavy atom. The van der Waals surface area contributed by atoms with Crippen molar-refractivity contribution in [3.63, 3.8) is 0 Å². The van der Waals surface area contributed by atoms with E-state index >= 15 is 0 Å². The van der Waals surface area contributed by atoms with Gasteiger partial charge in [0, 0.05) is 44.2 Å². The number of nitrogens with zero attached hydrogens (tertiary/aromatic N) is 3. The Kier molecular flexibility index (Phi) is 8.61. The highest BCUT2D eigenvalue weighted by Crippen LogP contribution is 2.64. The zero-order valence-electron chi connectivity index (χ0n) is 21.1. The fourth-order valence-corrected chi connectivity index (χ4v) is 8.25. The van der Waals surface area contributed by atoms with Crippen molar-refractivity contribution < 1.29 is 49.5 Å². The van der Waals surface area contributed by atoms with Crippen LogP contribution in [0.5, 0.6) is 0 Å². The fraction of sp³-hybridized carbons (Fsp3) is 0.696. The van der Waals surface area contributed by atoms with Crippen LogP contribution in [0, 0.1) is 16.7 Å². The number of halogens is 7. The van der Waals surface area contributed by atoms with Crippen LogP contribution >= 0.6 is 11.6 Å². The number of carboxylic acids is 1. The molecular weight excluding hydrogens is 580 g/mol. The van der Waals surface area contributed by atoms with Crippen LogP contribution in [0.2, 0.25) is 5.02 Å². The van der Waals surface area contributed by atoms with Crippen LogP contribution in [-0.2, 0) is 25.8 Å². The van der Waals surface area contributed by atoms with Gasteiger partial charge in [-0.1, -0.05) is 25.4 Å². The number of hydrogen-bond donors (Lipinski definition) is 1. The van der Waals surface area contributed by atoms with Crippen LogP contribution in [0.25, 0.3) is 0 Å². The maximum Gasteiger partial charge on any atom is 0.490 e. The minimum atomic E-state index is -5.08. The number of ketones is 1. The van der Waals surface area contributed by atoms with Gasteiger partial charge in [0.2, 0.25) is 10.0 Å². The van der Waals surface area contributed by atoms with Gasteiger partial charge < -0.3 is 10.0 Å². The highest BCUT2D eigenvalue weighted by atomic mass is 35.5. The molecule has 4 rings (SSSR count). The number of anilines is 1. The van der Waals surface area contributed by atoms with Crippen molar-refractivity contribution >= 4 is 39.2 Å². The first-order valence-corrected chi connectivity index (χ1v) is 14.0. The second kappa shape index (κ2) is 10.7. The molecule has 220 valence electrons. The van der Waals surface area contributed by atoms with Gasteiger partial charge in [-0.25, -0.2) is 22.5 Å². The second-order valence-electron chi connectivity index (χ2n) is 10.5. The van der Waals surface area contributed by atoms with Crippen molar-refractivity contribution in [2.75, 3.05) is 36.8 Å². The summed E-state index contributed by atoms with van der Waals surface area (Å²) in [5.74, 6) is -2.44. The lowest BCUT2D eigenvalue weighted by atomic mass is 9.70. The van der Waals surface area contributed by atoms with Gasteiger partial charge in [-0.3, -0.25) is 4.79 Å². The number of carbonyl (C=O) groups is 2. The molecule has 3 fully saturated rings. The predicted molar refractivity (Wildman–Crippen MR) is 129 cm³/mol. The third-order valence-corrected chi connectivity index (χ3v) is 10.4. The first kappa shape index (κ1) is 31.4. The lowest BCUT2D eigenvalue weighted by Gasteiger charge is -2.37. The Morgan fingerprint density at radius 3 is 2.23 bits per heavy atom. The Labute approximate surface area is 226 Å². The van der Waals surface area contributed by atoms with E-state index in [9.17, 15) is 39.6 Å². The topological polar surface area (TPSA) is 108 Å². The molecule has 0 aromatic carbocycles. The Hall–Kier alpha value is -2.13. The Bertz CT molecular complexity index is 1220. The SMILES string of the molecule is CC1(C)[C@@H]2CC[C@]1(CS(=O)(=O)N1CCCN(c3ncc(C(F)(F)F)cc3Cl)CC1)C(=O)C2.O=C(O)C(F)(F)F. The van der Waals surface area contributed by atoms with Crippen molar-refractivity contribution in [1.29, 1.82) is 0 Å². The number of Topliss-reactive ketones (excluding diaryl/α,β-unsaturated/α-hetero) is 1. The lowest BCUT2D eigenvalue weighted by molar-refractivity contribution is -0.192. The summed E-state index contributed by atoms with van der Waals surface area (Å²) in [4.78, 5) is 27.3. The quantitative estimate of drug-likeness (QED) is 0.498. The number of rotatable bonds is 4. The summed E-state index contributed by atoms with van der Waals surface area (Å²) in [7, 11) is -3.70. The molecule has 2 bridgehead atoms. The van der Waals surface area contributed by atoms with E-state index in [0.717, 1.165) is 18.7 Å². The van der Waals surface area contributed by atoms with Crippen molar-refractivity contribution in [3.05, 3.63) is 22.8 Å². The summed E-state index contributed by atoms with van der Waals surface area (Å²) in [5, 5.41) is 7.00. The standard InChI is InChI=1S/C21H27ClF3N3O3S.C2HF3O2/c1-19(2)14-4-5-20(19,17(29)11-14)13-32(30,31)28-7-3-6-27(8-9-28)18-16(22)10-15(12-26-18)21(23,24)25;3-2(4,5)1(6)7/h10,12,14H,3-9,11,13H2,1-2H3;(H,6,7)/t14-,20+;/m1./s1. The van der Waals surface area contributed by atoms with Gasteiger partial charge in [-0.2, -0.15) is 26.3 Å². The molecule has 0 spiro atoms. The number of alkyl halides is 6. The molecule has 16 heteroatoms. The van der Waals surface area contributed by atoms with Crippen molar-refractivity contribution in [1.82, 2.24) is 9.29 Å². The number of carboxylic acid groups (broad SMARTS) is 1. The maximum atomic E-state index is 13.4. The molecule has 1 saturated heterocycles. The second-order valence-corrected chi connectivity index (χ2v) is 12.9. The molecule has 2 aliphatic carbocycles. The van der Waals surface area contributed by atoms with E-state index in [0.29, 0.717) is 25.8 Å². The summed E-state index contributed by atoms with van der Waals surface area (Å²) in [6.07, 6.45) is -6.47. The number of aliphatic carboxylic acids is 1. The first-order valence-electron chi connectivity index (χ1n) is 12.0. The summed E-state index contributed by atoms with van der Waals surface area (Å²) in [5.41, 5.74) is -2.10. The van der Waals surface area contributed by atoms with E-state index in [4.69, 9.17) is 21.5 Å². The van der Waals surface area contributed by atoms with Gasteiger partial charge in [0.1, 0.15) is 11.6 Å². The van der Waals surface area contributed by atoms with Crippen LogP contribution < -0.4 is 4.90 Å². The largest absolute Gasteiger partial charge is 0.490 e. The smallest absolute Gasteiger partial charge is 0.475 e. The molecular formula is C23H28ClF6N3O5S. The van der Waals surface area contributed by atoms with E-state index < -0.39 is 39.3 Å². The molecule has 8 nitrogen and oxygen atoms in total. The van der Waals surface area contributed by atoms with Gasteiger partial charge in [-0.05, 0) is 36.7 Å². The molecule has 1 aromatic rings. The zero-order valence-corrected chi connectivity index (χ0v) is 22.6. The van der Waals surface area contributed by atoms with E-state index in [2.05, 4.69) is 4.98 Å². The van der Waals surface area contributed by atoms with E-state index in [1.165, 1.54) is 4.31 Å². The molecule has 0 unspecified atom stereocenters.